The lowest BCUT2D eigenvalue weighted by atomic mass is 10.1. The van der Waals surface area contributed by atoms with Crippen LogP contribution in [0, 0.1) is 11.6 Å². The number of benzene rings is 1. The first kappa shape index (κ1) is 18.1. The molecule has 28 heavy (non-hydrogen) atoms. The number of hydrogen-bond donors (Lipinski definition) is 1. The van der Waals surface area contributed by atoms with Crippen LogP contribution in [0.2, 0.25) is 0 Å². The molecular weight excluding hydrogens is 366 g/mol. The van der Waals surface area contributed by atoms with Crippen molar-refractivity contribution in [2.45, 2.75) is 19.3 Å². The van der Waals surface area contributed by atoms with E-state index in [-0.39, 0.29) is 23.1 Å². The van der Waals surface area contributed by atoms with Crippen molar-refractivity contribution in [1.29, 1.82) is 0 Å². The minimum atomic E-state index is -0.890. The standard InChI is InChI=1S/C20H18F2N4O2/c21-13-7-8-15(14(22)12-13)23-19(27)18-24-17(16-6-2-5-11-26(16)18)20(28)25-9-3-1-4-10-25/h2,5-8,11-12H,1,3-4,9-10H2,(H,23,27). The van der Waals surface area contributed by atoms with Gasteiger partial charge in [0.05, 0.1) is 11.2 Å². The number of halogens is 2. The number of nitrogens with one attached hydrogen (secondary N) is 1. The summed E-state index contributed by atoms with van der Waals surface area (Å²) >= 11 is 0. The molecule has 6 nitrogen and oxygen atoms in total. The zero-order valence-electron chi connectivity index (χ0n) is 15.0. The second-order valence-corrected chi connectivity index (χ2v) is 6.67. The van der Waals surface area contributed by atoms with Gasteiger partial charge in [-0.25, -0.2) is 13.8 Å². The lowest BCUT2D eigenvalue weighted by molar-refractivity contribution is 0.0721. The third-order valence-corrected chi connectivity index (χ3v) is 4.78. The van der Waals surface area contributed by atoms with Crippen LogP contribution >= 0.6 is 0 Å². The van der Waals surface area contributed by atoms with Gasteiger partial charge in [0, 0.05) is 25.4 Å². The Bertz CT molecular complexity index is 1060. The van der Waals surface area contributed by atoms with Gasteiger partial charge in [0.15, 0.2) is 5.69 Å². The topological polar surface area (TPSA) is 66.7 Å². The molecule has 144 valence electrons. The maximum atomic E-state index is 13.9. The fourth-order valence-electron chi connectivity index (χ4n) is 3.37. The first-order valence-electron chi connectivity index (χ1n) is 9.07. The number of carbonyl (C=O) groups is 2. The van der Waals surface area contributed by atoms with E-state index in [0.29, 0.717) is 24.7 Å². The van der Waals surface area contributed by atoms with Crippen LogP contribution < -0.4 is 5.32 Å². The Kier molecular flexibility index (Phi) is 4.77. The van der Waals surface area contributed by atoms with Crippen LogP contribution in [0.15, 0.2) is 42.6 Å². The minimum absolute atomic E-state index is 0.0420. The Balaban J connectivity index is 1.69. The largest absolute Gasteiger partial charge is 0.337 e. The van der Waals surface area contributed by atoms with Gasteiger partial charge in [0.1, 0.15) is 11.6 Å². The molecule has 0 bridgehead atoms. The number of imidazole rings is 1. The van der Waals surface area contributed by atoms with Gasteiger partial charge in [-0.15, -0.1) is 0 Å². The van der Waals surface area contributed by atoms with Crippen LogP contribution in [0.3, 0.4) is 0 Å². The Morgan fingerprint density at radius 3 is 2.57 bits per heavy atom. The van der Waals surface area contributed by atoms with Crippen molar-refractivity contribution >= 4 is 23.0 Å². The van der Waals surface area contributed by atoms with Crippen LogP contribution in [-0.2, 0) is 0 Å². The summed E-state index contributed by atoms with van der Waals surface area (Å²) in [5.41, 5.74) is 0.526. The van der Waals surface area contributed by atoms with E-state index in [1.54, 1.807) is 29.3 Å². The van der Waals surface area contributed by atoms with E-state index in [4.69, 9.17) is 0 Å². The molecule has 0 spiro atoms. The van der Waals surface area contributed by atoms with E-state index in [1.807, 2.05) is 0 Å². The van der Waals surface area contributed by atoms with Crippen LogP contribution in [-0.4, -0.2) is 39.2 Å². The normalized spacial score (nSPS) is 14.3. The van der Waals surface area contributed by atoms with Crippen LogP contribution in [0.5, 0.6) is 0 Å². The van der Waals surface area contributed by atoms with Gasteiger partial charge < -0.3 is 10.2 Å². The number of pyridine rings is 1. The number of amides is 2. The van der Waals surface area contributed by atoms with Crippen molar-refractivity contribution in [2.24, 2.45) is 0 Å². The lowest BCUT2D eigenvalue weighted by Crippen LogP contribution is -2.36. The van der Waals surface area contributed by atoms with Crippen molar-refractivity contribution in [2.75, 3.05) is 18.4 Å². The summed E-state index contributed by atoms with van der Waals surface area (Å²) in [6.45, 7) is 1.32. The highest BCUT2D eigenvalue weighted by Gasteiger charge is 2.26. The first-order valence-corrected chi connectivity index (χ1v) is 9.07. The SMILES string of the molecule is O=C(Nc1ccc(F)cc1F)c1nc(C(=O)N2CCCCC2)c2ccccn12. The molecule has 1 aromatic carbocycles. The van der Waals surface area contributed by atoms with Gasteiger partial charge in [-0.05, 0) is 43.5 Å². The van der Waals surface area contributed by atoms with Crippen LogP contribution in [0.4, 0.5) is 14.5 Å². The highest BCUT2D eigenvalue weighted by Crippen LogP contribution is 2.20. The van der Waals surface area contributed by atoms with Gasteiger partial charge in [0.25, 0.3) is 11.8 Å². The van der Waals surface area contributed by atoms with E-state index < -0.39 is 17.5 Å². The Hall–Kier alpha value is -3.29. The van der Waals surface area contributed by atoms with Gasteiger partial charge in [-0.3, -0.25) is 14.0 Å². The summed E-state index contributed by atoms with van der Waals surface area (Å²) in [6, 6.07) is 8.04. The summed E-state index contributed by atoms with van der Waals surface area (Å²) in [6.07, 6.45) is 4.58. The van der Waals surface area contributed by atoms with Gasteiger partial charge >= 0.3 is 0 Å². The lowest BCUT2D eigenvalue weighted by Gasteiger charge is -2.25. The van der Waals surface area contributed by atoms with E-state index in [9.17, 15) is 18.4 Å². The van der Waals surface area contributed by atoms with Crippen molar-refractivity contribution in [3.63, 3.8) is 0 Å². The number of anilines is 1. The Morgan fingerprint density at radius 2 is 1.82 bits per heavy atom. The average Bonchev–Trinajstić information content (AvgIpc) is 3.10. The zero-order valence-corrected chi connectivity index (χ0v) is 15.0. The smallest absolute Gasteiger partial charge is 0.292 e. The highest BCUT2D eigenvalue weighted by molar-refractivity contribution is 6.06. The monoisotopic (exact) mass is 384 g/mol. The average molecular weight is 384 g/mol. The molecule has 0 atom stereocenters. The third-order valence-electron chi connectivity index (χ3n) is 4.78. The van der Waals surface area contributed by atoms with E-state index in [2.05, 4.69) is 10.3 Å². The molecule has 2 aromatic heterocycles. The van der Waals surface area contributed by atoms with Gasteiger partial charge in [-0.2, -0.15) is 0 Å². The number of aromatic nitrogens is 2. The van der Waals surface area contributed by atoms with E-state index in [0.717, 1.165) is 31.4 Å². The first-order chi connectivity index (χ1) is 13.5. The molecular formula is C20H18F2N4O2. The van der Waals surface area contributed by atoms with Crippen molar-refractivity contribution in [3.05, 3.63) is 65.7 Å². The Labute approximate surface area is 159 Å². The van der Waals surface area contributed by atoms with Crippen LogP contribution in [0.1, 0.15) is 40.4 Å². The van der Waals surface area contributed by atoms with Crippen molar-refractivity contribution in [1.82, 2.24) is 14.3 Å². The number of piperidine rings is 1. The predicted octanol–water partition coefficient (Wildman–Crippen LogP) is 3.49. The molecule has 1 fully saturated rings. The molecule has 1 saturated heterocycles. The number of hydrogen-bond acceptors (Lipinski definition) is 3. The molecule has 1 aliphatic heterocycles. The second-order valence-electron chi connectivity index (χ2n) is 6.67. The zero-order chi connectivity index (χ0) is 19.7. The molecule has 1 aliphatic rings. The molecule has 0 unspecified atom stereocenters. The summed E-state index contributed by atoms with van der Waals surface area (Å²) in [5.74, 6) is -2.59. The number of fused-ring (bicyclic) bond motifs is 1. The molecule has 3 heterocycles. The molecule has 0 aliphatic carbocycles. The predicted molar refractivity (Wildman–Crippen MR) is 99.3 cm³/mol. The molecule has 3 aromatic rings. The van der Waals surface area contributed by atoms with Crippen molar-refractivity contribution < 1.29 is 18.4 Å². The second kappa shape index (κ2) is 7.38. The minimum Gasteiger partial charge on any atom is -0.337 e. The fraction of sp³-hybridized carbons (Fsp3) is 0.250. The maximum Gasteiger partial charge on any atom is 0.292 e. The molecule has 0 saturated carbocycles. The van der Waals surface area contributed by atoms with Crippen LogP contribution in [0.25, 0.3) is 5.52 Å². The third kappa shape index (κ3) is 3.33. The quantitative estimate of drug-likeness (QED) is 0.752. The molecule has 4 rings (SSSR count). The molecule has 2 amide bonds. The van der Waals surface area contributed by atoms with Crippen molar-refractivity contribution in [3.8, 4) is 0 Å². The van der Waals surface area contributed by atoms with Gasteiger partial charge in [-0.1, -0.05) is 6.07 Å². The van der Waals surface area contributed by atoms with E-state index >= 15 is 0 Å². The summed E-state index contributed by atoms with van der Waals surface area (Å²) < 4.78 is 28.4. The molecule has 0 radical (unpaired) electrons. The highest BCUT2D eigenvalue weighted by atomic mass is 19.1. The van der Waals surface area contributed by atoms with Gasteiger partial charge in [0.2, 0.25) is 5.82 Å². The summed E-state index contributed by atoms with van der Waals surface area (Å²) in [4.78, 5) is 31.6. The number of nitrogens with zero attached hydrogens (tertiary/aromatic N) is 3. The molecule has 1 N–H and O–H groups in total. The fourth-order valence-corrected chi connectivity index (χ4v) is 3.37. The Morgan fingerprint density at radius 1 is 1.04 bits per heavy atom. The maximum absolute atomic E-state index is 13.9. The molecule has 8 heteroatoms. The summed E-state index contributed by atoms with van der Waals surface area (Å²) in [7, 11) is 0. The number of carbonyl (C=O) groups excluding carboxylic acids is 2. The number of rotatable bonds is 3. The summed E-state index contributed by atoms with van der Waals surface area (Å²) in [5, 5.41) is 2.39. The van der Waals surface area contributed by atoms with E-state index in [1.165, 1.54) is 4.40 Å². The number of likely N-dealkylation sites (tertiary alicyclic amines) is 1.